The lowest BCUT2D eigenvalue weighted by molar-refractivity contribution is 0.0968. The smallest absolute Gasteiger partial charge is 0.0906 e. The van der Waals surface area contributed by atoms with Crippen LogP contribution >= 0.6 is 23.2 Å². The Bertz CT molecular complexity index is 1230. The number of alkyl halides is 1. The standard InChI is InChI=1S/C31H32Cl2FN/c1-21-6-9-24-4-2-5-28(27-13-12-26(32)18-30(27)33)31(29(24)16-21)25-10-7-22(8-11-25)17-23-19-35(20-23)15-3-14-34/h6-13,16,18,23H,2-5,14-15,17,19-20H2,1H3. The Morgan fingerprint density at radius 1 is 0.914 bits per heavy atom. The van der Waals surface area contributed by atoms with Crippen molar-refractivity contribution in [2.45, 2.75) is 39.0 Å². The minimum Gasteiger partial charge on any atom is -0.303 e. The van der Waals surface area contributed by atoms with Gasteiger partial charge in [0.05, 0.1) is 6.67 Å². The van der Waals surface area contributed by atoms with Crippen molar-refractivity contribution in [2.24, 2.45) is 5.92 Å². The summed E-state index contributed by atoms with van der Waals surface area (Å²) < 4.78 is 12.4. The van der Waals surface area contributed by atoms with Crippen molar-refractivity contribution in [1.29, 1.82) is 0 Å². The second-order valence-electron chi connectivity index (χ2n) is 10.1. The zero-order valence-electron chi connectivity index (χ0n) is 20.3. The molecule has 2 aliphatic rings. The number of rotatable bonds is 7. The summed E-state index contributed by atoms with van der Waals surface area (Å²) in [5, 5.41) is 1.37. The molecule has 0 amide bonds. The lowest BCUT2D eigenvalue weighted by Crippen LogP contribution is -2.47. The largest absolute Gasteiger partial charge is 0.303 e. The quantitative estimate of drug-likeness (QED) is 0.310. The lowest BCUT2D eigenvalue weighted by atomic mass is 9.86. The third kappa shape index (κ3) is 5.50. The van der Waals surface area contributed by atoms with Crippen LogP contribution < -0.4 is 0 Å². The Balaban J connectivity index is 1.49. The SMILES string of the molecule is Cc1ccc2c(c1)C(c1ccc(CC3CN(CCCF)C3)cc1)=C(c1ccc(Cl)cc1Cl)CCC2. The Kier molecular flexibility index (Phi) is 7.62. The summed E-state index contributed by atoms with van der Waals surface area (Å²) >= 11 is 13.0. The van der Waals surface area contributed by atoms with Crippen molar-refractivity contribution < 1.29 is 4.39 Å². The Labute approximate surface area is 218 Å². The van der Waals surface area contributed by atoms with E-state index >= 15 is 0 Å². The summed E-state index contributed by atoms with van der Waals surface area (Å²) in [5.41, 5.74) is 10.3. The Morgan fingerprint density at radius 3 is 2.46 bits per heavy atom. The molecule has 1 aliphatic heterocycles. The van der Waals surface area contributed by atoms with Gasteiger partial charge in [0.2, 0.25) is 0 Å². The lowest BCUT2D eigenvalue weighted by Gasteiger charge is -2.39. The number of allylic oxidation sites excluding steroid dienone is 1. The first-order valence-corrected chi connectivity index (χ1v) is 13.4. The van der Waals surface area contributed by atoms with E-state index in [4.69, 9.17) is 23.2 Å². The highest BCUT2D eigenvalue weighted by atomic mass is 35.5. The normalized spacial score (nSPS) is 16.7. The molecule has 0 aromatic heterocycles. The van der Waals surface area contributed by atoms with Gasteiger partial charge in [-0.2, -0.15) is 0 Å². The van der Waals surface area contributed by atoms with Gasteiger partial charge in [-0.05, 0) is 96.0 Å². The van der Waals surface area contributed by atoms with E-state index in [-0.39, 0.29) is 6.67 Å². The van der Waals surface area contributed by atoms with E-state index in [1.54, 1.807) is 0 Å². The number of fused-ring (bicyclic) bond motifs is 1. The summed E-state index contributed by atoms with van der Waals surface area (Å²) in [6.45, 7) is 4.99. The van der Waals surface area contributed by atoms with E-state index in [2.05, 4.69) is 60.4 Å². The zero-order valence-corrected chi connectivity index (χ0v) is 21.8. The number of hydrogen-bond acceptors (Lipinski definition) is 1. The molecule has 0 bridgehead atoms. The molecule has 5 rings (SSSR count). The van der Waals surface area contributed by atoms with Gasteiger partial charge in [-0.25, -0.2) is 0 Å². The molecular formula is C31H32Cl2FN. The van der Waals surface area contributed by atoms with Gasteiger partial charge in [0, 0.05) is 29.7 Å². The van der Waals surface area contributed by atoms with Crippen LogP contribution in [0, 0.1) is 12.8 Å². The van der Waals surface area contributed by atoms with E-state index < -0.39 is 0 Å². The highest BCUT2D eigenvalue weighted by Crippen LogP contribution is 2.42. The first-order chi connectivity index (χ1) is 17.0. The summed E-state index contributed by atoms with van der Waals surface area (Å²) in [6.07, 6.45) is 4.86. The van der Waals surface area contributed by atoms with Gasteiger partial charge in [0.15, 0.2) is 0 Å². The molecular weight excluding hydrogens is 476 g/mol. The number of benzene rings is 3. The van der Waals surface area contributed by atoms with Crippen LogP contribution in [0.3, 0.4) is 0 Å². The van der Waals surface area contributed by atoms with Crippen molar-refractivity contribution in [1.82, 2.24) is 4.90 Å². The maximum Gasteiger partial charge on any atom is 0.0906 e. The van der Waals surface area contributed by atoms with E-state index in [1.165, 1.54) is 39.0 Å². The molecule has 0 radical (unpaired) electrons. The van der Waals surface area contributed by atoms with E-state index in [0.29, 0.717) is 22.4 Å². The first kappa shape index (κ1) is 24.6. The van der Waals surface area contributed by atoms with Gasteiger partial charge in [-0.3, -0.25) is 4.39 Å². The van der Waals surface area contributed by atoms with Gasteiger partial charge in [0.1, 0.15) is 0 Å². The van der Waals surface area contributed by atoms with Crippen LogP contribution in [-0.4, -0.2) is 31.2 Å². The van der Waals surface area contributed by atoms with Crippen LogP contribution in [0.1, 0.15) is 52.6 Å². The van der Waals surface area contributed by atoms with Crippen LogP contribution in [0.2, 0.25) is 10.0 Å². The third-order valence-electron chi connectivity index (χ3n) is 7.37. The number of halogens is 3. The van der Waals surface area contributed by atoms with Crippen LogP contribution in [0.4, 0.5) is 4.39 Å². The molecule has 3 aromatic carbocycles. The zero-order chi connectivity index (χ0) is 24.4. The predicted octanol–water partition coefficient (Wildman–Crippen LogP) is 8.43. The van der Waals surface area contributed by atoms with Crippen molar-refractivity contribution in [2.75, 3.05) is 26.3 Å². The van der Waals surface area contributed by atoms with Crippen molar-refractivity contribution in [3.8, 4) is 0 Å². The molecule has 182 valence electrons. The van der Waals surface area contributed by atoms with Gasteiger partial charge < -0.3 is 4.90 Å². The topological polar surface area (TPSA) is 3.24 Å². The van der Waals surface area contributed by atoms with Crippen molar-refractivity contribution in [3.05, 3.63) is 104 Å². The summed E-state index contributed by atoms with van der Waals surface area (Å²) in [7, 11) is 0. The molecule has 1 aliphatic carbocycles. The molecule has 1 fully saturated rings. The number of likely N-dealkylation sites (tertiary alicyclic amines) is 1. The number of nitrogens with zero attached hydrogens (tertiary/aromatic N) is 1. The predicted molar refractivity (Wildman–Crippen MR) is 147 cm³/mol. The fraction of sp³-hybridized carbons (Fsp3) is 0.355. The molecule has 0 N–H and O–H groups in total. The molecule has 0 atom stereocenters. The second kappa shape index (κ2) is 10.9. The summed E-state index contributed by atoms with van der Waals surface area (Å²) in [4.78, 5) is 2.36. The maximum absolute atomic E-state index is 12.4. The van der Waals surface area contributed by atoms with Crippen LogP contribution in [0.25, 0.3) is 11.1 Å². The molecule has 35 heavy (non-hydrogen) atoms. The van der Waals surface area contributed by atoms with E-state index in [1.807, 2.05) is 12.1 Å². The summed E-state index contributed by atoms with van der Waals surface area (Å²) in [5.74, 6) is 0.671. The molecule has 3 aromatic rings. The highest BCUT2D eigenvalue weighted by molar-refractivity contribution is 6.36. The monoisotopic (exact) mass is 507 g/mol. The molecule has 1 saturated heterocycles. The van der Waals surface area contributed by atoms with Crippen LogP contribution in [0.5, 0.6) is 0 Å². The third-order valence-corrected chi connectivity index (χ3v) is 7.92. The Morgan fingerprint density at radius 2 is 1.71 bits per heavy atom. The molecule has 0 saturated carbocycles. The van der Waals surface area contributed by atoms with Gasteiger partial charge in [0.25, 0.3) is 0 Å². The van der Waals surface area contributed by atoms with E-state index in [0.717, 1.165) is 50.9 Å². The minimum absolute atomic E-state index is 0.218. The Hall–Kier alpha value is -2.13. The second-order valence-corrected chi connectivity index (χ2v) is 10.9. The molecule has 0 spiro atoms. The molecule has 1 heterocycles. The number of hydrogen-bond donors (Lipinski definition) is 0. The van der Waals surface area contributed by atoms with Crippen molar-refractivity contribution in [3.63, 3.8) is 0 Å². The summed E-state index contributed by atoms with van der Waals surface area (Å²) in [6, 6.07) is 21.8. The van der Waals surface area contributed by atoms with Gasteiger partial charge in [-0.15, -0.1) is 0 Å². The van der Waals surface area contributed by atoms with E-state index in [9.17, 15) is 4.39 Å². The maximum atomic E-state index is 12.4. The molecule has 0 unspecified atom stereocenters. The average molecular weight is 509 g/mol. The fourth-order valence-corrected chi connectivity index (χ4v) is 6.15. The molecule has 4 heteroatoms. The fourth-order valence-electron chi connectivity index (χ4n) is 5.63. The van der Waals surface area contributed by atoms with Crippen molar-refractivity contribution >= 4 is 34.3 Å². The first-order valence-electron chi connectivity index (χ1n) is 12.7. The average Bonchev–Trinajstić information content (AvgIpc) is 3.00. The van der Waals surface area contributed by atoms with Gasteiger partial charge in [-0.1, -0.05) is 77.3 Å². The highest BCUT2D eigenvalue weighted by Gasteiger charge is 2.26. The minimum atomic E-state index is -0.218. The van der Waals surface area contributed by atoms with Gasteiger partial charge >= 0.3 is 0 Å². The number of aryl methyl sites for hydroxylation is 2. The molecule has 1 nitrogen and oxygen atoms in total. The van der Waals surface area contributed by atoms with Crippen LogP contribution in [0.15, 0.2) is 60.7 Å². The van der Waals surface area contributed by atoms with Crippen LogP contribution in [-0.2, 0) is 12.8 Å².